The molecule has 0 fully saturated rings. The maximum Gasteiger partial charge on any atom is 0.270 e. The van der Waals surface area contributed by atoms with Gasteiger partial charge in [0.25, 0.3) is 11.6 Å². The van der Waals surface area contributed by atoms with Crippen molar-refractivity contribution in [2.45, 2.75) is 0 Å². The number of hydrogen-bond acceptors (Lipinski definition) is 4. The molecule has 23 heavy (non-hydrogen) atoms. The lowest BCUT2D eigenvalue weighted by Crippen LogP contribution is -2.34. The first kappa shape index (κ1) is 17.3. The lowest BCUT2D eigenvalue weighted by atomic mass is 10.2. The first-order chi connectivity index (χ1) is 10.9. The number of carbonyl (C=O) groups is 1. The summed E-state index contributed by atoms with van der Waals surface area (Å²) in [5.74, 6) is -0.453. The Morgan fingerprint density at radius 2 is 1.96 bits per heavy atom. The Kier molecular flexibility index (Phi) is 5.64. The minimum atomic E-state index is -0.508. The SMILES string of the molecule is O=C(NC(=S)Nc1ccc([N+](=O)[O-])cc1Br)c1ccccc1Cl. The van der Waals surface area contributed by atoms with Crippen LogP contribution in [0.4, 0.5) is 11.4 Å². The Morgan fingerprint density at radius 1 is 1.26 bits per heavy atom. The minimum absolute atomic E-state index is 0.0458. The Labute approximate surface area is 150 Å². The van der Waals surface area contributed by atoms with Crippen LogP contribution in [-0.4, -0.2) is 15.9 Å². The summed E-state index contributed by atoms with van der Waals surface area (Å²) in [6, 6.07) is 10.7. The minimum Gasteiger partial charge on any atom is -0.331 e. The Balaban J connectivity index is 2.07. The number of nitrogens with one attached hydrogen (secondary N) is 2. The van der Waals surface area contributed by atoms with Crippen molar-refractivity contribution < 1.29 is 9.72 Å². The summed E-state index contributed by atoms with van der Waals surface area (Å²) in [6.07, 6.45) is 0. The van der Waals surface area contributed by atoms with E-state index in [4.69, 9.17) is 23.8 Å². The maximum absolute atomic E-state index is 12.1. The van der Waals surface area contributed by atoms with Gasteiger partial charge in [-0.05, 0) is 46.3 Å². The number of nitrogens with zero attached hydrogens (tertiary/aromatic N) is 1. The van der Waals surface area contributed by atoms with Crippen LogP contribution in [0.1, 0.15) is 10.4 Å². The van der Waals surface area contributed by atoms with Crippen molar-refractivity contribution in [1.29, 1.82) is 0 Å². The van der Waals surface area contributed by atoms with Crippen molar-refractivity contribution >= 4 is 62.1 Å². The van der Waals surface area contributed by atoms with E-state index >= 15 is 0 Å². The van der Waals surface area contributed by atoms with E-state index in [1.807, 2.05) is 0 Å². The molecule has 0 unspecified atom stereocenters. The van der Waals surface area contributed by atoms with E-state index in [1.165, 1.54) is 18.2 Å². The van der Waals surface area contributed by atoms with Crippen LogP contribution in [0.25, 0.3) is 0 Å². The number of amides is 1. The number of nitro benzene ring substituents is 1. The number of hydrogen-bond donors (Lipinski definition) is 2. The first-order valence-electron chi connectivity index (χ1n) is 6.19. The van der Waals surface area contributed by atoms with E-state index in [2.05, 4.69) is 26.6 Å². The van der Waals surface area contributed by atoms with Gasteiger partial charge in [0.1, 0.15) is 0 Å². The normalized spacial score (nSPS) is 10.0. The number of anilines is 1. The van der Waals surface area contributed by atoms with Crippen LogP contribution < -0.4 is 10.6 Å². The molecule has 2 rings (SSSR count). The van der Waals surface area contributed by atoms with Crippen LogP contribution >= 0.6 is 39.7 Å². The van der Waals surface area contributed by atoms with Crippen LogP contribution in [0.15, 0.2) is 46.9 Å². The zero-order valence-electron chi connectivity index (χ0n) is 11.4. The van der Waals surface area contributed by atoms with Gasteiger partial charge in [0, 0.05) is 16.6 Å². The third-order valence-electron chi connectivity index (χ3n) is 2.76. The molecule has 0 radical (unpaired) electrons. The fourth-order valence-corrected chi connectivity index (χ4v) is 2.58. The maximum atomic E-state index is 12.1. The van der Waals surface area contributed by atoms with Crippen LogP contribution in [0.2, 0.25) is 5.02 Å². The molecule has 0 aliphatic heterocycles. The highest BCUT2D eigenvalue weighted by atomic mass is 79.9. The summed E-state index contributed by atoms with van der Waals surface area (Å²) in [4.78, 5) is 22.3. The Hall–Kier alpha value is -2.03. The van der Waals surface area contributed by atoms with Crippen molar-refractivity contribution in [3.05, 3.63) is 67.6 Å². The summed E-state index contributed by atoms with van der Waals surface area (Å²) in [6.45, 7) is 0. The number of rotatable bonds is 3. The van der Waals surface area contributed by atoms with E-state index in [0.29, 0.717) is 20.7 Å². The van der Waals surface area contributed by atoms with Crippen molar-refractivity contribution in [3.8, 4) is 0 Å². The van der Waals surface area contributed by atoms with Gasteiger partial charge in [-0.25, -0.2) is 0 Å². The number of benzene rings is 2. The summed E-state index contributed by atoms with van der Waals surface area (Å²) in [5.41, 5.74) is 0.717. The second kappa shape index (κ2) is 7.49. The molecule has 118 valence electrons. The van der Waals surface area contributed by atoms with E-state index in [0.717, 1.165) is 0 Å². The molecule has 0 aromatic heterocycles. The Bertz CT molecular complexity index is 801. The van der Waals surface area contributed by atoms with E-state index < -0.39 is 10.8 Å². The smallest absolute Gasteiger partial charge is 0.270 e. The molecule has 2 aromatic rings. The fraction of sp³-hybridized carbons (Fsp3) is 0. The highest BCUT2D eigenvalue weighted by molar-refractivity contribution is 9.10. The van der Waals surface area contributed by atoms with Gasteiger partial charge in [-0.2, -0.15) is 0 Å². The lowest BCUT2D eigenvalue weighted by molar-refractivity contribution is -0.384. The molecule has 0 bridgehead atoms. The van der Waals surface area contributed by atoms with Gasteiger partial charge in [-0.3, -0.25) is 20.2 Å². The number of nitro groups is 1. The molecule has 2 aromatic carbocycles. The quantitative estimate of drug-likeness (QED) is 0.448. The van der Waals surface area contributed by atoms with Gasteiger partial charge >= 0.3 is 0 Å². The largest absolute Gasteiger partial charge is 0.331 e. The first-order valence-corrected chi connectivity index (χ1v) is 7.77. The van der Waals surface area contributed by atoms with Gasteiger partial charge in [-0.1, -0.05) is 23.7 Å². The monoisotopic (exact) mass is 413 g/mol. The second-order valence-corrected chi connectivity index (χ2v) is 5.98. The predicted octanol–water partition coefficient (Wildman–Crippen LogP) is 4.14. The van der Waals surface area contributed by atoms with E-state index in [-0.39, 0.29) is 10.8 Å². The van der Waals surface area contributed by atoms with Crippen LogP contribution in [0, 0.1) is 10.1 Å². The molecule has 0 saturated heterocycles. The molecule has 6 nitrogen and oxygen atoms in total. The molecule has 0 heterocycles. The molecule has 0 spiro atoms. The predicted molar refractivity (Wildman–Crippen MR) is 95.9 cm³/mol. The molecule has 0 saturated carbocycles. The zero-order valence-corrected chi connectivity index (χ0v) is 14.5. The van der Waals surface area contributed by atoms with E-state index in [1.54, 1.807) is 24.3 Å². The van der Waals surface area contributed by atoms with Gasteiger partial charge in [0.15, 0.2) is 5.11 Å². The lowest BCUT2D eigenvalue weighted by Gasteiger charge is -2.11. The Morgan fingerprint density at radius 3 is 2.57 bits per heavy atom. The standard InChI is InChI=1S/C14H9BrClN3O3S/c15-10-7-8(19(21)22)5-6-12(10)17-14(23)18-13(20)9-3-1-2-4-11(9)16/h1-7H,(H2,17,18,20,23). The third kappa shape index (κ3) is 4.47. The number of halogens is 2. The summed E-state index contributed by atoms with van der Waals surface area (Å²) < 4.78 is 0.445. The van der Waals surface area contributed by atoms with Gasteiger partial charge in [0.05, 0.1) is 21.2 Å². The molecule has 9 heteroatoms. The zero-order chi connectivity index (χ0) is 17.0. The van der Waals surface area contributed by atoms with Crippen molar-refractivity contribution in [3.63, 3.8) is 0 Å². The second-order valence-electron chi connectivity index (χ2n) is 4.31. The third-order valence-corrected chi connectivity index (χ3v) is 3.95. The van der Waals surface area contributed by atoms with Crippen molar-refractivity contribution in [2.75, 3.05) is 5.32 Å². The number of non-ortho nitro benzene ring substituents is 1. The number of thiocarbonyl (C=S) groups is 1. The topological polar surface area (TPSA) is 84.3 Å². The fourth-order valence-electron chi connectivity index (χ4n) is 1.69. The summed E-state index contributed by atoms with van der Waals surface area (Å²) >= 11 is 14.2. The average Bonchev–Trinajstić information content (AvgIpc) is 2.49. The molecule has 0 aliphatic rings. The van der Waals surface area contributed by atoms with Crippen molar-refractivity contribution in [2.24, 2.45) is 0 Å². The summed E-state index contributed by atoms with van der Waals surface area (Å²) in [7, 11) is 0. The van der Waals surface area contributed by atoms with Crippen LogP contribution in [-0.2, 0) is 0 Å². The highest BCUT2D eigenvalue weighted by Gasteiger charge is 2.13. The molecule has 0 atom stereocenters. The van der Waals surface area contributed by atoms with Crippen LogP contribution in [0.3, 0.4) is 0 Å². The van der Waals surface area contributed by atoms with E-state index in [9.17, 15) is 14.9 Å². The van der Waals surface area contributed by atoms with Crippen LogP contribution in [0.5, 0.6) is 0 Å². The van der Waals surface area contributed by atoms with Gasteiger partial charge < -0.3 is 5.32 Å². The molecule has 0 aliphatic carbocycles. The summed E-state index contributed by atoms with van der Waals surface area (Å²) in [5, 5.41) is 16.3. The molecule has 2 N–H and O–H groups in total. The number of carbonyl (C=O) groups excluding carboxylic acids is 1. The molecule has 1 amide bonds. The average molecular weight is 415 g/mol. The van der Waals surface area contributed by atoms with Crippen molar-refractivity contribution in [1.82, 2.24) is 5.32 Å². The highest BCUT2D eigenvalue weighted by Crippen LogP contribution is 2.27. The van der Waals surface area contributed by atoms with Gasteiger partial charge in [0.2, 0.25) is 0 Å². The molecular weight excluding hydrogens is 406 g/mol. The molecular formula is C14H9BrClN3O3S. The van der Waals surface area contributed by atoms with Gasteiger partial charge in [-0.15, -0.1) is 0 Å².